The van der Waals surface area contributed by atoms with E-state index in [1.165, 1.54) is 0 Å². The van der Waals surface area contributed by atoms with Crippen LogP contribution in [0.3, 0.4) is 0 Å². The second-order valence-electron chi connectivity index (χ2n) is 5.27. The summed E-state index contributed by atoms with van der Waals surface area (Å²) < 4.78 is 16.6. The van der Waals surface area contributed by atoms with Crippen LogP contribution in [0, 0.1) is 0 Å². The van der Waals surface area contributed by atoms with Crippen LogP contribution < -0.4 is 19.5 Å². The third-order valence-corrected chi connectivity index (χ3v) is 4.07. The van der Waals surface area contributed by atoms with Crippen LogP contribution in [0.15, 0.2) is 24.8 Å². The molecule has 0 amide bonds. The molecule has 0 aliphatic carbocycles. The molecule has 1 aromatic carbocycles. The summed E-state index contributed by atoms with van der Waals surface area (Å²) >= 11 is 0. The lowest BCUT2D eigenvalue weighted by atomic mass is 9.98. The average Bonchev–Trinajstić information content (AvgIpc) is 2.59. The van der Waals surface area contributed by atoms with Gasteiger partial charge >= 0.3 is 0 Å². The lowest BCUT2D eigenvalue weighted by molar-refractivity contribution is 0.168. The zero-order valence-corrected chi connectivity index (χ0v) is 13.7. The Hall–Kier alpha value is -1.72. The molecule has 0 radical (unpaired) electrons. The van der Waals surface area contributed by atoms with Crippen LogP contribution >= 0.6 is 0 Å². The minimum atomic E-state index is 0.190. The van der Waals surface area contributed by atoms with Gasteiger partial charge in [0, 0.05) is 44.4 Å². The highest BCUT2D eigenvalue weighted by molar-refractivity contribution is 5.52. The molecule has 22 heavy (non-hydrogen) atoms. The van der Waals surface area contributed by atoms with E-state index in [2.05, 4.69) is 16.8 Å². The lowest BCUT2D eigenvalue weighted by Crippen LogP contribution is -2.45. The molecule has 0 spiro atoms. The molecule has 1 aliphatic heterocycles. The van der Waals surface area contributed by atoms with Crippen molar-refractivity contribution in [3.8, 4) is 17.2 Å². The monoisotopic (exact) mass is 306 g/mol. The fourth-order valence-electron chi connectivity index (χ4n) is 2.96. The summed E-state index contributed by atoms with van der Waals surface area (Å²) in [5.74, 6) is 2.32. The highest BCUT2D eigenvalue weighted by atomic mass is 16.5. The van der Waals surface area contributed by atoms with Crippen molar-refractivity contribution in [1.82, 2.24) is 10.2 Å². The number of nitrogens with zero attached hydrogens (tertiary/aromatic N) is 1. The minimum absolute atomic E-state index is 0.190. The molecule has 1 fully saturated rings. The van der Waals surface area contributed by atoms with Gasteiger partial charge in [-0.25, -0.2) is 0 Å². The average molecular weight is 306 g/mol. The predicted molar refractivity (Wildman–Crippen MR) is 88.1 cm³/mol. The zero-order chi connectivity index (χ0) is 15.9. The standard InChI is InChI=1S/C17H26N2O3/c1-5-6-14(19-9-7-18-8-10-19)17-15(21-3)11-13(20-2)12-16(17)22-4/h5,11-12,14,18H,1,6-10H2,2-4H3/t14-/m1/s1. The van der Waals surface area contributed by atoms with E-state index >= 15 is 0 Å². The van der Waals surface area contributed by atoms with Crippen molar-refractivity contribution < 1.29 is 14.2 Å². The smallest absolute Gasteiger partial charge is 0.131 e. The van der Waals surface area contributed by atoms with Crippen LogP contribution in [0.2, 0.25) is 0 Å². The minimum Gasteiger partial charge on any atom is -0.496 e. The molecule has 1 aliphatic rings. The van der Waals surface area contributed by atoms with E-state index in [9.17, 15) is 0 Å². The SMILES string of the molecule is C=CC[C@H](c1c(OC)cc(OC)cc1OC)N1CCNCC1. The van der Waals surface area contributed by atoms with Crippen LogP contribution in [0.25, 0.3) is 0 Å². The Morgan fingerprint density at radius 2 is 1.73 bits per heavy atom. The molecule has 5 heteroatoms. The molecule has 0 bridgehead atoms. The van der Waals surface area contributed by atoms with E-state index in [-0.39, 0.29) is 6.04 Å². The fourth-order valence-corrected chi connectivity index (χ4v) is 2.96. The molecular weight excluding hydrogens is 280 g/mol. The summed E-state index contributed by atoms with van der Waals surface area (Å²) in [7, 11) is 5.01. The van der Waals surface area contributed by atoms with E-state index in [1.54, 1.807) is 21.3 Å². The van der Waals surface area contributed by atoms with Crippen molar-refractivity contribution >= 4 is 0 Å². The van der Waals surface area contributed by atoms with Crippen LogP contribution in [0.4, 0.5) is 0 Å². The van der Waals surface area contributed by atoms with Gasteiger partial charge in [0.2, 0.25) is 0 Å². The molecule has 1 aromatic rings. The van der Waals surface area contributed by atoms with Crippen molar-refractivity contribution in [3.05, 3.63) is 30.4 Å². The number of hydrogen-bond acceptors (Lipinski definition) is 5. The molecular formula is C17H26N2O3. The van der Waals surface area contributed by atoms with Crippen LogP contribution in [-0.2, 0) is 0 Å². The largest absolute Gasteiger partial charge is 0.496 e. The van der Waals surface area contributed by atoms with Gasteiger partial charge in [0.25, 0.3) is 0 Å². The van der Waals surface area contributed by atoms with Gasteiger partial charge < -0.3 is 19.5 Å². The first-order valence-corrected chi connectivity index (χ1v) is 7.60. The Kier molecular flexibility index (Phi) is 6.10. The summed E-state index contributed by atoms with van der Waals surface area (Å²) in [4.78, 5) is 2.45. The molecule has 1 N–H and O–H groups in total. The Bertz CT molecular complexity index is 474. The quantitative estimate of drug-likeness (QED) is 0.783. The van der Waals surface area contributed by atoms with Crippen LogP contribution in [-0.4, -0.2) is 52.4 Å². The third-order valence-electron chi connectivity index (χ3n) is 4.07. The summed E-state index contributed by atoms with van der Waals surface area (Å²) in [6.45, 7) is 7.90. The van der Waals surface area contributed by atoms with E-state index < -0.39 is 0 Å². The molecule has 5 nitrogen and oxygen atoms in total. The summed E-state index contributed by atoms with van der Waals surface area (Å²) in [5, 5.41) is 3.39. The Morgan fingerprint density at radius 3 is 2.18 bits per heavy atom. The van der Waals surface area contributed by atoms with Crippen molar-refractivity contribution in [1.29, 1.82) is 0 Å². The molecule has 0 unspecified atom stereocenters. The number of rotatable bonds is 7. The fraction of sp³-hybridized carbons (Fsp3) is 0.529. The van der Waals surface area contributed by atoms with Gasteiger partial charge in [0.05, 0.1) is 26.9 Å². The van der Waals surface area contributed by atoms with Gasteiger partial charge in [0.1, 0.15) is 17.2 Å². The van der Waals surface area contributed by atoms with Crippen molar-refractivity contribution in [3.63, 3.8) is 0 Å². The Morgan fingerprint density at radius 1 is 1.14 bits per heavy atom. The number of ether oxygens (including phenoxy) is 3. The van der Waals surface area contributed by atoms with E-state index in [0.29, 0.717) is 0 Å². The maximum atomic E-state index is 5.61. The molecule has 0 saturated carbocycles. The van der Waals surface area contributed by atoms with Gasteiger partial charge in [-0.05, 0) is 6.42 Å². The summed E-state index contributed by atoms with van der Waals surface area (Å²) in [5.41, 5.74) is 1.06. The van der Waals surface area contributed by atoms with Gasteiger partial charge in [-0.2, -0.15) is 0 Å². The van der Waals surface area contributed by atoms with Gasteiger partial charge in [-0.1, -0.05) is 6.08 Å². The molecule has 122 valence electrons. The Labute approximate surface area is 132 Å². The lowest BCUT2D eigenvalue weighted by Gasteiger charge is -2.36. The van der Waals surface area contributed by atoms with Crippen molar-refractivity contribution in [2.75, 3.05) is 47.5 Å². The molecule has 1 heterocycles. The van der Waals surface area contributed by atoms with Gasteiger partial charge in [0.15, 0.2) is 0 Å². The highest BCUT2D eigenvalue weighted by Gasteiger charge is 2.27. The Balaban J connectivity index is 2.46. The first-order chi connectivity index (χ1) is 10.7. The number of hydrogen-bond donors (Lipinski definition) is 1. The normalized spacial score (nSPS) is 16.9. The number of piperazine rings is 1. The first kappa shape index (κ1) is 16.6. The second-order valence-corrected chi connectivity index (χ2v) is 5.27. The van der Waals surface area contributed by atoms with E-state index in [1.807, 2.05) is 18.2 Å². The topological polar surface area (TPSA) is 43.0 Å². The summed E-state index contributed by atoms with van der Waals surface area (Å²) in [6, 6.07) is 4.02. The van der Waals surface area contributed by atoms with Crippen molar-refractivity contribution in [2.24, 2.45) is 0 Å². The van der Waals surface area contributed by atoms with Gasteiger partial charge in [-0.15, -0.1) is 6.58 Å². The maximum absolute atomic E-state index is 5.61. The highest BCUT2D eigenvalue weighted by Crippen LogP contribution is 2.42. The predicted octanol–water partition coefficient (Wildman–Crippen LogP) is 2.23. The number of benzene rings is 1. The van der Waals surface area contributed by atoms with Crippen molar-refractivity contribution in [2.45, 2.75) is 12.5 Å². The maximum Gasteiger partial charge on any atom is 0.131 e. The molecule has 0 aromatic heterocycles. The van der Waals surface area contributed by atoms with Crippen LogP contribution in [0.1, 0.15) is 18.0 Å². The van der Waals surface area contributed by atoms with Crippen LogP contribution in [0.5, 0.6) is 17.2 Å². The number of nitrogens with one attached hydrogen (secondary N) is 1. The third kappa shape index (κ3) is 3.54. The number of methoxy groups -OCH3 is 3. The van der Waals surface area contributed by atoms with Gasteiger partial charge in [-0.3, -0.25) is 4.90 Å². The summed E-state index contributed by atoms with van der Waals surface area (Å²) in [6.07, 6.45) is 2.80. The molecule has 1 saturated heterocycles. The zero-order valence-electron chi connectivity index (χ0n) is 13.7. The van der Waals surface area contributed by atoms with E-state index in [0.717, 1.165) is 55.4 Å². The molecule has 2 rings (SSSR count). The van der Waals surface area contributed by atoms with E-state index in [4.69, 9.17) is 14.2 Å². The first-order valence-electron chi connectivity index (χ1n) is 7.60. The second kappa shape index (κ2) is 8.06. The molecule has 1 atom stereocenters.